The zero-order valence-electron chi connectivity index (χ0n) is 10.2. The van der Waals surface area contributed by atoms with E-state index in [1.54, 1.807) is 0 Å². The fraction of sp³-hybridized carbons (Fsp3) is 0.267. The Hall–Kier alpha value is -2.03. The summed E-state index contributed by atoms with van der Waals surface area (Å²) in [5, 5.41) is 0.974. The maximum absolute atomic E-state index is 12.3. The van der Waals surface area contributed by atoms with E-state index in [2.05, 4.69) is 6.58 Å². The van der Waals surface area contributed by atoms with Gasteiger partial charge in [0.15, 0.2) is 5.76 Å². The highest BCUT2D eigenvalue weighted by molar-refractivity contribution is 5.96. The Labute approximate surface area is 106 Å². The molecule has 3 nitrogen and oxygen atoms in total. The smallest absolute Gasteiger partial charge is 0.289 e. The van der Waals surface area contributed by atoms with Gasteiger partial charge in [-0.2, -0.15) is 0 Å². The van der Waals surface area contributed by atoms with Gasteiger partial charge in [0.1, 0.15) is 5.58 Å². The quantitative estimate of drug-likeness (QED) is 0.718. The lowest BCUT2D eigenvalue weighted by molar-refractivity contribution is 0.0714. The number of hydrogen-bond acceptors (Lipinski definition) is 2. The summed E-state index contributed by atoms with van der Waals surface area (Å²) in [7, 11) is 0. The number of amides is 1. The van der Waals surface area contributed by atoms with Crippen LogP contribution in [0.5, 0.6) is 0 Å². The first kappa shape index (κ1) is 11.1. The highest BCUT2D eigenvalue weighted by atomic mass is 16.3. The molecule has 1 aromatic heterocycles. The van der Waals surface area contributed by atoms with Crippen LogP contribution in [0.1, 0.15) is 23.4 Å². The van der Waals surface area contributed by atoms with Crippen molar-refractivity contribution in [2.75, 3.05) is 13.1 Å². The first-order valence-corrected chi connectivity index (χ1v) is 6.18. The Balaban J connectivity index is 1.85. The van der Waals surface area contributed by atoms with Gasteiger partial charge in [0, 0.05) is 18.5 Å². The maximum Gasteiger partial charge on any atom is 0.289 e. The van der Waals surface area contributed by atoms with Crippen LogP contribution < -0.4 is 0 Å². The highest BCUT2D eigenvalue weighted by Crippen LogP contribution is 2.22. The van der Waals surface area contributed by atoms with Crippen LogP contribution in [0.3, 0.4) is 0 Å². The fourth-order valence-corrected chi connectivity index (χ4v) is 2.27. The molecule has 0 spiro atoms. The first-order chi connectivity index (χ1) is 8.74. The van der Waals surface area contributed by atoms with Crippen LogP contribution in [0, 0.1) is 0 Å². The number of benzene rings is 1. The zero-order valence-corrected chi connectivity index (χ0v) is 10.2. The molecule has 18 heavy (non-hydrogen) atoms. The molecule has 1 saturated heterocycles. The number of likely N-dealkylation sites (tertiary alicyclic amines) is 1. The van der Waals surface area contributed by atoms with E-state index in [-0.39, 0.29) is 5.91 Å². The van der Waals surface area contributed by atoms with Gasteiger partial charge in [0.25, 0.3) is 5.91 Å². The molecule has 1 aliphatic heterocycles. The number of piperidine rings is 1. The molecule has 3 heteroatoms. The van der Waals surface area contributed by atoms with Crippen molar-refractivity contribution < 1.29 is 9.21 Å². The molecule has 2 aromatic rings. The van der Waals surface area contributed by atoms with E-state index in [4.69, 9.17) is 4.42 Å². The maximum atomic E-state index is 12.3. The number of carbonyl (C=O) groups excluding carboxylic acids is 1. The summed E-state index contributed by atoms with van der Waals surface area (Å²) in [6.45, 7) is 5.44. The van der Waals surface area contributed by atoms with E-state index in [9.17, 15) is 4.79 Å². The largest absolute Gasteiger partial charge is 0.451 e. The Morgan fingerprint density at radius 3 is 2.67 bits per heavy atom. The van der Waals surface area contributed by atoms with Gasteiger partial charge in [0.05, 0.1) is 0 Å². The Kier molecular flexibility index (Phi) is 2.67. The highest BCUT2D eigenvalue weighted by Gasteiger charge is 2.22. The lowest BCUT2D eigenvalue weighted by atomic mass is 10.1. The molecular weight excluding hydrogens is 226 g/mol. The number of nitrogens with zero attached hydrogens (tertiary/aromatic N) is 1. The summed E-state index contributed by atoms with van der Waals surface area (Å²) in [5.41, 5.74) is 1.99. The monoisotopic (exact) mass is 241 g/mol. The van der Waals surface area contributed by atoms with Gasteiger partial charge in [-0.25, -0.2) is 0 Å². The van der Waals surface area contributed by atoms with E-state index in [1.807, 2.05) is 35.2 Å². The van der Waals surface area contributed by atoms with Crippen LogP contribution in [0.2, 0.25) is 0 Å². The van der Waals surface area contributed by atoms with Gasteiger partial charge in [-0.3, -0.25) is 4.79 Å². The van der Waals surface area contributed by atoms with Crippen LogP contribution in [0.25, 0.3) is 11.0 Å². The van der Waals surface area contributed by atoms with Gasteiger partial charge in [-0.1, -0.05) is 30.4 Å². The third kappa shape index (κ3) is 1.92. The van der Waals surface area contributed by atoms with Crippen molar-refractivity contribution in [3.05, 3.63) is 48.2 Å². The van der Waals surface area contributed by atoms with Crippen molar-refractivity contribution in [2.45, 2.75) is 12.8 Å². The average Bonchev–Trinajstić information content (AvgIpc) is 2.82. The van der Waals surface area contributed by atoms with Crippen molar-refractivity contribution in [1.82, 2.24) is 4.90 Å². The minimum Gasteiger partial charge on any atom is -0.451 e. The van der Waals surface area contributed by atoms with Gasteiger partial charge in [0.2, 0.25) is 0 Å². The van der Waals surface area contributed by atoms with Crippen LogP contribution in [-0.2, 0) is 0 Å². The Bertz CT molecular complexity index is 569. The Morgan fingerprint density at radius 2 is 1.94 bits per heavy atom. The molecule has 1 aromatic carbocycles. The summed E-state index contributed by atoms with van der Waals surface area (Å²) < 4.78 is 5.60. The molecule has 0 bridgehead atoms. The molecule has 1 amide bonds. The molecule has 1 fully saturated rings. The minimum atomic E-state index is -0.0151. The first-order valence-electron chi connectivity index (χ1n) is 6.18. The van der Waals surface area contributed by atoms with E-state index in [1.165, 1.54) is 5.57 Å². The van der Waals surface area contributed by atoms with Crippen LogP contribution in [0.15, 0.2) is 46.9 Å². The van der Waals surface area contributed by atoms with Crippen LogP contribution >= 0.6 is 0 Å². The van der Waals surface area contributed by atoms with Gasteiger partial charge in [-0.15, -0.1) is 0 Å². The number of hydrogen-bond donors (Lipinski definition) is 0. The molecule has 1 aliphatic rings. The molecule has 0 saturated carbocycles. The normalized spacial score (nSPS) is 16.2. The summed E-state index contributed by atoms with van der Waals surface area (Å²) >= 11 is 0. The molecule has 0 atom stereocenters. The van der Waals surface area contributed by atoms with Crippen molar-refractivity contribution in [3.8, 4) is 0 Å². The fourth-order valence-electron chi connectivity index (χ4n) is 2.27. The lowest BCUT2D eigenvalue weighted by Crippen LogP contribution is -2.35. The van der Waals surface area contributed by atoms with Crippen molar-refractivity contribution in [2.24, 2.45) is 0 Å². The summed E-state index contributed by atoms with van der Waals surface area (Å²) in [4.78, 5) is 14.1. The van der Waals surface area contributed by atoms with E-state index >= 15 is 0 Å². The molecule has 0 N–H and O–H groups in total. The van der Waals surface area contributed by atoms with Crippen molar-refractivity contribution in [1.29, 1.82) is 0 Å². The summed E-state index contributed by atoms with van der Waals surface area (Å²) in [6.07, 6.45) is 1.79. The predicted molar refractivity (Wildman–Crippen MR) is 70.5 cm³/mol. The standard InChI is InChI=1S/C15H15NO2/c1-11-6-8-16(9-7-11)15(17)14-10-12-4-2-3-5-13(12)18-14/h2-5,10H,1,6-9H2. The zero-order chi connectivity index (χ0) is 12.5. The van der Waals surface area contributed by atoms with Crippen molar-refractivity contribution in [3.63, 3.8) is 0 Å². The SMILES string of the molecule is C=C1CCN(C(=O)c2cc3ccccc3o2)CC1. The number of fused-ring (bicyclic) bond motifs is 1. The van der Waals surface area contributed by atoms with Crippen LogP contribution in [-0.4, -0.2) is 23.9 Å². The third-order valence-electron chi connectivity index (χ3n) is 3.39. The molecule has 0 aliphatic carbocycles. The average molecular weight is 241 g/mol. The second-order valence-corrected chi connectivity index (χ2v) is 4.69. The van der Waals surface area contributed by atoms with Gasteiger partial charge in [-0.05, 0) is 25.0 Å². The molecule has 0 unspecified atom stereocenters. The number of carbonyl (C=O) groups is 1. The van der Waals surface area contributed by atoms with E-state index in [0.29, 0.717) is 5.76 Å². The number of furan rings is 1. The molecule has 0 radical (unpaired) electrons. The second-order valence-electron chi connectivity index (χ2n) is 4.69. The lowest BCUT2D eigenvalue weighted by Gasteiger charge is -2.27. The number of para-hydroxylation sites is 1. The van der Waals surface area contributed by atoms with Gasteiger partial charge < -0.3 is 9.32 Å². The summed E-state index contributed by atoms with van der Waals surface area (Å²) in [6, 6.07) is 9.50. The van der Waals surface area contributed by atoms with Crippen molar-refractivity contribution >= 4 is 16.9 Å². The topological polar surface area (TPSA) is 33.5 Å². The van der Waals surface area contributed by atoms with Crippen LogP contribution in [0.4, 0.5) is 0 Å². The predicted octanol–water partition coefficient (Wildman–Crippen LogP) is 3.23. The molecule has 2 heterocycles. The molecule has 92 valence electrons. The minimum absolute atomic E-state index is 0.0151. The second kappa shape index (κ2) is 4.33. The Morgan fingerprint density at radius 1 is 1.22 bits per heavy atom. The van der Waals surface area contributed by atoms with Gasteiger partial charge >= 0.3 is 0 Å². The molecular formula is C15H15NO2. The van der Waals surface area contributed by atoms with E-state index in [0.717, 1.165) is 36.9 Å². The molecule has 3 rings (SSSR count). The third-order valence-corrected chi connectivity index (χ3v) is 3.39. The summed E-state index contributed by atoms with van der Waals surface area (Å²) in [5.74, 6) is 0.419. The van der Waals surface area contributed by atoms with E-state index < -0.39 is 0 Å². The number of rotatable bonds is 1.